The Kier molecular flexibility index (Phi) is 1.81. The van der Waals surface area contributed by atoms with E-state index in [0.717, 1.165) is 0 Å². The van der Waals surface area contributed by atoms with Crippen LogP contribution in [0.1, 0.15) is 0 Å². The lowest BCUT2D eigenvalue weighted by Crippen LogP contribution is -2.08. The molecule has 2 aromatic rings. The van der Waals surface area contributed by atoms with Crippen LogP contribution in [0.3, 0.4) is 0 Å². The van der Waals surface area contributed by atoms with Gasteiger partial charge >= 0.3 is 0 Å². The SMILES string of the molecule is O=c1[nH]c2ccccc2c(F)c1Cl. The van der Waals surface area contributed by atoms with Crippen LogP contribution < -0.4 is 5.56 Å². The van der Waals surface area contributed by atoms with Gasteiger partial charge < -0.3 is 4.98 Å². The van der Waals surface area contributed by atoms with Crippen molar-refractivity contribution in [2.45, 2.75) is 0 Å². The number of aromatic nitrogens is 1. The van der Waals surface area contributed by atoms with Crippen molar-refractivity contribution in [1.29, 1.82) is 0 Å². The van der Waals surface area contributed by atoms with Gasteiger partial charge in [-0.3, -0.25) is 4.79 Å². The first-order valence-corrected chi connectivity index (χ1v) is 4.04. The summed E-state index contributed by atoms with van der Waals surface area (Å²) >= 11 is 5.44. The Labute approximate surface area is 78.0 Å². The molecule has 1 N–H and O–H groups in total. The van der Waals surface area contributed by atoms with Gasteiger partial charge in [-0.05, 0) is 12.1 Å². The van der Waals surface area contributed by atoms with Crippen LogP contribution in [0, 0.1) is 5.82 Å². The third kappa shape index (κ3) is 1.21. The number of H-pyrrole nitrogens is 1. The number of hydrogen-bond donors (Lipinski definition) is 1. The van der Waals surface area contributed by atoms with Gasteiger partial charge in [0, 0.05) is 5.39 Å². The van der Waals surface area contributed by atoms with Crippen LogP contribution in [0.15, 0.2) is 29.1 Å². The minimum absolute atomic E-state index is 0.326. The third-order valence-electron chi connectivity index (χ3n) is 1.80. The molecule has 13 heavy (non-hydrogen) atoms. The topological polar surface area (TPSA) is 32.9 Å². The van der Waals surface area contributed by atoms with Crippen molar-refractivity contribution in [2.75, 3.05) is 0 Å². The largest absolute Gasteiger partial charge is 0.320 e. The predicted molar refractivity (Wildman–Crippen MR) is 49.5 cm³/mol. The molecule has 0 aliphatic carbocycles. The molecule has 0 saturated heterocycles. The summed E-state index contributed by atoms with van der Waals surface area (Å²) in [6, 6.07) is 6.58. The Morgan fingerprint density at radius 1 is 1.31 bits per heavy atom. The highest BCUT2D eigenvalue weighted by Crippen LogP contribution is 2.18. The second kappa shape index (κ2) is 2.85. The van der Waals surface area contributed by atoms with E-state index in [9.17, 15) is 9.18 Å². The second-order valence-electron chi connectivity index (χ2n) is 2.63. The fourth-order valence-electron chi connectivity index (χ4n) is 1.18. The Balaban J connectivity index is 3.02. The van der Waals surface area contributed by atoms with Crippen molar-refractivity contribution in [3.05, 3.63) is 45.5 Å². The average molecular weight is 198 g/mol. The summed E-state index contributed by atoms with van der Waals surface area (Å²) in [5, 5.41) is -0.0641. The Hall–Kier alpha value is -1.35. The molecule has 2 nitrogen and oxygen atoms in total. The maximum absolute atomic E-state index is 13.3. The molecule has 0 spiro atoms. The number of nitrogens with one attached hydrogen (secondary N) is 1. The van der Waals surface area contributed by atoms with E-state index in [0.29, 0.717) is 10.9 Å². The molecule has 0 aliphatic rings. The van der Waals surface area contributed by atoms with Crippen molar-refractivity contribution in [2.24, 2.45) is 0 Å². The fraction of sp³-hybridized carbons (Fsp3) is 0. The summed E-state index contributed by atoms with van der Waals surface area (Å²) < 4.78 is 13.3. The van der Waals surface area contributed by atoms with E-state index < -0.39 is 16.4 Å². The van der Waals surface area contributed by atoms with Gasteiger partial charge in [-0.2, -0.15) is 0 Å². The summed E-state index contributed by atoms with van der Waals surface area (Å²) in [4.78, 5) is 13.5. The van der Waals surface area contributed by atoms with Crippen LogP contribution in [-0.4, -0.2) is 4.98 Å². The molecule has 0 fully saturated rings. The smallest absolute Gasteiger partial charge is 0.270 e. The van der Waals surface area contributed by atoms with Gasteiger partial charge in [-0.15, -0.1) is 0 Å². The second-order valence-corrected chi connectivity index (χ2v) is 3.01. The number of fused-ring (bicyclic) bond motifs is 1. The molecule has 1 aromatic heterocycles. The quantitative estimate of drug-likeness (QED) is 0.691. The molecule has 66 valence electrons. The first-order valence-electron chi connectivity index (χ1n) is 3.66. The van der Waals surface area contributed by atoms with Gasteiger partial charge in [0.1, 0.15) is 5.02 Å². The van der Waals surface area contributed by atoms with E-state index in [1.807, 2.05) is 0 Å². The lowest BCUT2D eigenvalue weighted by atomic mass is 10.2. The zero-order valence-electron chi connectivity index (χ0n) is 6.47. The maximum Gasteiger partial charge on any atom is 0.270 e. The van der Waals surface area contributed by atoms with Crippen LogP contribution in [0.4, 0.5) is 4.39 Å². The van der Waals surface area contributed by atoms with E-state index >= 15 is 0 Å². The van der Waals surface area contributed by atoms with Gasteiger partial charge in [0.2, 0.25) is 0 Å². The summed E-state index contributed by atoms with van der Waals surface area (Å²) in [6.45, 7) is 0. The van der Waals surface area contributed by atoms with Gasteiger partial charge in [-0.25, -0.2) is 4.39 Å². The van der Waals surface area contributed by atoms with Crippen molar-refractivity contribution >= 4 is 22.5 Å². The maximum atomic E-state index is 13.3. The van der Waals surface area contributed by atoms with Crippen LogP contribution in [0.5, 0.6) is 0 Å². The highest BCUT2D eigenvalue weighted by atomic mass is 35.5. The average Bonchev–Trinajstić information content (AvgIpc) is 2.15. The summed E-state index contributed by atoms with van der Waals surface area (Å²) in [5.74, 6) is -0.666. The zero-order valence-corrected chi connectivity index (χ0v) is 7.23. The highest BCUT2D eigenvalue weighted by Gasteiger charge is 2.08. The molecular formula is C9H5ClFNO. The van der Waals surface area contributed by atoms with E-state index in [4.69, 9.17) is 11.6 Å². The fourth-order valence-corrected chi connectivity index (χ4v) is 1.33. The highest BCUT2D eigenvalue weighted by molar-refractivity contribution is 6.31. The summed E-state index contributed by atoms with van der Waals surface area (Å²) in [5.41, 5.74) is -0.146. The zero-order chi connectivity index (χ0) is 9.42. The Morgan fingerprint density at radius 3 is 2.77 bits per heavy atom. The number of para-hydroxylation sites is 1. The van der Waals surface area contributed by atoms with Gasteiger partial charge in [0.15, 0.2) is 5.82 Å². The molecule has 0 atom stereocenters. The van der Waals surface area contributed by atoms with E-state index in [1.165, 1.54) is 0 Å². The number of halogens is 2. The molecule has 4 heteroatoms. The van der Waals surface area contributed by atoms with Crippen LogP contribution in [-0.2, 0) is 0 Å². The normalized spacial score (nSPS) is 10.6. The van der Waals surface area contributed by atoms with E-state index in [-0.39, 0.29) is 0 Å². The third-order valence-corrected chi connectivity index (χ3v) is 2.14. The molecule has 0 aliphatic heterocycles. The standard InChI is InChI=1S/C9H5ClFNO/c10-7-8(11)5-3-1-2-4-6(5)12-9(7)13/h1-4H,(H,12,13). The molecule has 0 unspecified atom stereocenters. The molecule has 2 rings (SSSR count). The van der Waals surface area contributed by atoms with Crippen molar-refractivity contribution in [3.8, 4) is 0 Å². The number of benzene rings is 1. The number of aromatic amines is 1. The Morgan fingerprint density at radius 2 is 2.00 bits per heavy atom. The molecular weight excluding hydrogens is 193 g/mol. The molecule has 1 aromatic carbocycles. The van der Waals surface area contributed by atoms with Crippen molar-refractivity contribution < 1.29 is 4.39 Å². The van der Waals surface area contributed by atoms with E-state index in [2.05, 4.69) is 4.98 Å². The monoisotopic (exact) mass is 197 g/mol. The first-order chi connectivity index (χ1) is 6.20. The summed E-state index contributed by atoms with van der Waals surface area (Å²) in [6.07, 6.45) is 0. The van der Waals surface area contributed by atoms with Crippen molar-refractivity contribution in [1.82, 2.24) is 4.98 Å². The van der Waals surface area contributed by atoms with Gasteiger partial charge in [0.05, 0.1) is 5.52 Å². The number of rotatable bonds is 0. The number of pyridine rings is 1. The molecule has 0 bridgehead atoms. The summed E-state index contributed by atoms with van der Waals surface area (Å²) in [7, 11) is 0. The Bertz CT molecular complexity index is 520. The number of hydrogen-bond acceptors (Lipinski definition) is 1. The lowest BCUT2D eigenvalue weighted by molar-refractivity contribution is 0.637. The first kappa shape index (κ1) is 8.26. The lowest BCUT2D eigenvalue weighted by Gasteiger charge is -1.99. The van der Waals surface area contributed by atoms with Crippen LogP contribution in [0.25, 0.3) is 10.9 Å². The van der Waals surface area contributed by atoms with Crippen molar-refractivity contribution in [3.63, 3.8) is 0 Å². The van der Waals surface area contributed by atoms with E-state index in [1.54, 1.807) is 24.3 Å². The minimum Gasteiger partial charge on any atom is -0.320 e. The molecule has 0 saturated carbocycles. The minimum atomic E-state index is -0.666. The van der Waals surface area contributed by atoms with Gasteiger partial charge in [-0.1, -0.05) is 23.7 Å². The predicted octanol–water partition coefficient (Wildman–Crippen LogP) is 2.32. The van der Waals surface area contributed by atoms with Crippen LogP contribution in [0.2, 0.25) is 5.02 Å². The molecule has 1 heterocycles. The molecule has 0 amide bonds. The van der Waals surface area contributed by atoms with Gasteiger partial charge in [0.25, 0.3) is 5.56 Å². The molecule has 0 radical (unpaired) electrons. The van der Waals surface area contributed by atoms with Crippen LogP contribution >= 0.6 is 11.6 Å².